The first kappa shape index (κ1) is 22.9. The summed E-state index contributed by atoms with van der Waals surface area (Å²) in [7, 11) is 3.40. The highest BCUT2D eigenvalue weighted by Gasteiger charge is 2.44. The van der Waals surface area contributed by atoms with E-state index in [2.05, 4.69) is 0 Å². The van der Waals surface area contributed by atoms with Gasteiger partial charge in [-0.2, -0.15) is 0 Å². The van der Waals surface area contributed by atoms with Gasteiger partial charge in [0.05, 0.1) is 5.92 Å². The van der Waals surface area contributed by atoms with E-state index in [0.29, 0.717) is 47.6 Å². The van der Waals surface area contributed by atoms with Crippen LogP contribution in [0.25, 0.3) is 0 Å². The third-order valence-electron chi connectivity index (χ3n) is 6.67. The van der Waals surface area contributed by atoms with Crippen molar-refractivity contribution >= 4 is 11.9 Å². The molecule has 1 amide bonds. The van der Waals surface area contributed by atoms with Gasteiger partial charge in [0.25, 0.3) is 5.91 Å². The number of hydrogen-bond donors (Lipinski definition) is 1. The standard InChI is InChI=1S/C28H26FNO5/c1-30(2)27(31)17-5-9-18(10-6-17)34-24-14-12-23(29)26-20(24)11-13-25(26)35-19-7-3-16(4-8-19)21-15-22(21)28(32)33/h3-10,12,14,21-22,25H,11,13,15H2,1-2H3,(H,32,33). The molecule has 3 aromatic carbocycles. The minimum Gasteiger partial charge on any atom is -0.486 e. The van der Waals surface area contributed by atoms with Crippen LogP contribution < -0.4 is 9.47 Å². The van der Waals surface area contributed by atoms with Crippen LogP contribution in [-0.4, -0.2) is 36.0 Å². The van der Waals surface area contributed by atoms with Crippen LogP contribution >= 0.6 is 0 Å². The molecule has 0 heterocycles. The van der Waals surface area contributed by atoms with Crippen LogP contribution in [0.5, 0.6) is 17.2 Å². The number of amides is 1. The number of rotatable bonds is 7. The van der Waals surface area contributed by atoms with Crippen LogP contribution in [0.3, 0.4) is 0 Å². The molecule has 0 saturated heterocycles. The van der Waals surface area contributed by atoms with Crippen LogP contribution in [0, 0.1) is 11.7 Å². The van der Waals surface area contributed by atoms with E-state index in [1.54, 1.807) is 44.4 Å². The number of ether oxygens (including phenoxy) is 2. The van der Waals surface area contributed by atoms with Gasteiger partial charge in [-0.15, -0.1) is 0 Å². The molecule has 6 nitrogen and oxygen atoms in total. The minimum atomic E-state index is -0.760. The number of hydrogen-bond acceptors (Lipinski definition) is 4. The maximum absolute atomic E-state index is 14.8. The average molecular weight is 476 g/mol. The lowest BCUT2D eigenvalue weighted by molar-refractivity contribution is -0.138. The molecule has 7 heteroatoms. The fraction of sp³-hybridized carbons (Fsp3) is 0.286. The molecule has 0 aromatic heterocycles. The molecular formula is C28H26FNO5. The van der Waals surface area contributed by atoms with E-state index in [0.717, 1.165) is 11.1 Å². The second-order valence-electron chi connectivity index (χ2n) is 9.26. The molecule has 0 bridgehead atoms. The molecular weight excluding hydrogens is 449 g/mol. The second kappa shape index (κ2) is 9.06. The maximum Gasteiger partial charge on any atom is 0.307 e. The first-order valence-corrected chi connectivity index (χ1v) is 11.6. The maximum atomic E-state index is 14.8. The normalized spacial score (nSPS) is 20.1. The molecule has 2 aliphatic carbocycles. The van der Waals surface area contributed by atoms with Crippen molar-refractivity contribution in [3.63, 3.8) is 0 Å². The van der Waals surface area contributed by atoms with Gasteiger partial charge >= 0.3 is 5.97 Å². The Labute approximate surface area is 202 Å². The molecule has 0 aliphatic heterocycles. The van der Waals surface area contributed by atoms with E-state index in [4.69, 9.17) is 14.6 Å². The van der Waals surface area contributed by atoms with Gasteiger partial charge in [0, 0.05) is 30.8 Å². The highest BCUT2D eigenvalue weighted by Crippen LogP contribution is 2.48. The van der Waals surface area contributed by atoms with Gasteiger partial charge in [0.2, 0.25) is 0 Å². The number of aliphatic carboxylic acids is 1. The van der Waals surface area contributed by atoms with Crippen molar-refractivity contribution < 1.29 is 28.6 Å². The predicted molar refractivity (Wildman–Crippen MR) is 128 cm³/mol. The summed E-state index contributed by atoms with van der Waals surface area (Å²) in [5.41, 5.74) is 2.82. The number of carbonyl (C=O) groups excluding carboxylic acids is 1. The van der Waals surface area contributed by atoms with E-state index < -0.39 is 12.1 Å². The van der Waals surface area contributed by atoms with Gasteiger partial charge < -0.3 is 19.5 Å². The number of benzene rings is 3. The van der Waals surface area contributed by atoms with E-state index >= 15 is 0 Å². The largest absolute Gasteiger partial charge is 0.486 e. The van der Waals surface area contributed by atoms with Crippen LogP contribution in [-0.2, 0) is 11.2 Å². The molecule has 2 aliphatic rings. The lowest BCUT2D eigenvalue weighted by atomic mass is 10.1. The highest BCUT2D eigenvalue weighted by atomic mass is 19.1. The van der Waals surface area contributed by atoms with Crippen molar-refractivity contribution in [1.82, 2.24) is 4.90 Å². The molecule has 3 atom stereocenters. The molecule has 3 aromatic rings. The number of carboxylic acids is 1. The Morgan fingerprint density at radius 1 is 0.971 bits per heavy atom. The summed E-state index contributed by atoms with van der Waals surface area (Å²) < 4.78 is 27.0. The summed E-state index contributed by atoms with van der Waals surface area (Å²) in [5, 5.41) is 9.13. The SMILES string of the molecule is CN(C)C(=O)c1ccc(Oc2ccc(F)c3c2CCC3Oc2ccc(C3CC3C(=O)O)cc2)cc1. The van der Waals surface area contributed by atoms with Crippen LogP contribution in [0.15, 0.2) is 60.7 Å². The van der Waals surface area contributed by atoms with Gasteiger partial charge in [0.15, 0.2) is 0 Å². The molecule has 1 fully saturated rings. The van der Waals surface area contributed by atoms with Crippen molar-refractivity contribution in [3.05, 3.63) is 88.7 Å². The highest BCUT2D eigenvalue weighted by molar-refractivity contribution is 5.93. The predicted octanol–water partition coefficient (Wildman–Crippen LogP) is 5.57. The fourth-order valence-electron chi connectivity index (χ4n) is 4.70. The zero-order valence-electron chi connectivity index (χ0n) is 19.5. The van der Waals surface area contributed by atoms with Gasteiger partial charge in [-0.25, -0.2) is 4.39 Å². The average Bonchev–Trinajstić information content (AvgIpc) is 3.55. The summed E-state index contributed by atoms with van der Waals surface area (Å²) in [6.07, 6.45) is 1.46. The second-order valence-corrected chi connectivity index (χ2v) is 9.26. The first-order valence-electron chi connectivity index (χ1n) is 11.6. The molecule has 5 rings (SSSR count). The molecule has 1 N–H and O–H groups in total. The van der Waals surface area contributed by atoms with E-state index in [-0.39, 0.29) is 23.6 Å². The first-order chi connectivity index (χ1) is 16.8. The molecule has 3 unspecified atom stereocenters. The molecule has 0 radical (unpaired) electrons. The van der Waals surface area contributed by atoms with Gasteiger partial charge in [-0.1, -0.05) is 12.1 Å². The summed E-state index contributed by atoms with van der Waals surface area (Å²) in [6, 6.07) is 17.3. The molecule has 1 saturated carbocycles. The van der Waals surface area contributed by atoms with Crippen molar-refractivity contribution in [2.45, 2.75) is 31.3 Å². The van der Waals surface area contributed by atoms with Crippen LogP contribution in [0.1, 0.15) is 51.9 Å². The Kier molecular flexibility index (Phi) is 5.93. The van der Waals surface area contributed by atoms with Gasteiger partial charge in [-0.3, -0.25) is 9.59 Å². The fourth-order valence-corrected chi connectivity index (χ4v) is 4.70. The Morgan fingerprint density at radius 3 is 2.29 bits per heavy atom. The zero-order chi connectivity index (χ0) is 24.7. The van der Waals surface area contributed by atoms with E-state index in [1.165, 1.54) is 11.0 Å². The Bertz CT molecular complexity index is 1270. The lowest BCUT2D eigenvalue weighted by Gasteiger charge is -2.17. The Morgan fingerprint density at radius 2 is 1.66 bits per heavy atom. The van der Waals surface area contributed by atoms with Crippen LogP contribution in [0.4, 0.5) is 4.39 Å². The van der Waals surface area contributed by atoms with Gasteiger partial charge in [0.1, 0.15) is 29.2 Å². The van der Waals surface area contributed by atoms with Gasteiger partial charge in [-0.05, 0) is 79.3 Å². The number of carboxylic acid groups (broad SMARTS) is 1. The summed E-state index contributed by atoms with van der Waals surface area (Å²) in [4.78, 5) is 24.7. The smallest absolute Gasteiger partial charge is 0.307 e. The van der Waals surface area contributed by atoms with E-state index in [1.807, 2.05) is 24.3 Å². The van der Waals surface area contributed by atoms with Crippen LogP contribution in [0.2, 0.25) is 0 Å². The molecule has 0 spiro atoms. The molecule has 35 heavy (non-hydrogen) atoms. The number of nitrogens with zero attached hydrogens (tertiary/aromatic N) is 1. The zero-order valence-corrected chi connectivity index (χ0v) is 19.5. The van der Waals surface area contributed by atoms with Crippen molar-refractivity contribution in [2.75, 3.05) is 14.1 Å². The summed E-state index contributed by atoms with van der Waals surface area (Å²) in [5.74, 6) is 0.320. The number of fused-ring (bicyclic) bond motifs is 1. The topological polar surface area (TPSA) is 76.1 Å². The van der Waals surface area contributed by atoms with Crippen molar-refractivity contribution in [1.29, 1.82) is 0 Å². The van der Waals surface area contributed by atoms with Crippen molar-refractivity contribution in [3.8, 4) is 17.2 Å². The monoisotopic (exact) mass is 475 g/mol. The Hall–Kier alpha value is -3.87. The lowest BCUT2D eigenvalue weighted by Crippen LogP contribution is -2.21. The third kappa shape index (κ3) is 4.58. The number of halogens is 1. The minimum absolute atomic E-state index is 0.0565. The van der Waals surface area contributed by atoms with E-state index in [9.17, 15) is 14.0 Å². The third-order valence-corrected chi connectivity index (χ3v) is 6.67. The number of carbonyl (C=O) groups is 2. The van der Waals surface area contributed by atoms with Crippen molar-refractivity contribution in [2.24, 2.45) is 5.92 Å². The summed E-state index contributed by atoms with van der Waals surface area (Å²) >= 11 is 0. The Balaban J connectivity index is 1.30. The quantitative estimate of drug-likeness (QED) is 0.483. The molecule has 180 valence electrons. The summed E-state index contributed by atoms with van der Waals surface area (Å²) in [6.45, 7) is 0.